The summed E-state index contributed by atoms with van der Waals surface area (Å²) in [6.45, 7) is 0.0523. The van der Waals surface area contributed by atoms with Gasteiger partial charge in [-0.05, 0) is 54.1 Å². The van der Waals surface area contributed by atoms with E-state index in [9.17, 15) is 14.4 Å². The van der Waals surface area contributed by atoms with Crippen LogP contribution in [0.15, 0.2) is 107 Å². The SMILES string of the molecule is N#CC1=C(N)Oc2cc(OC(=O)c3ccc(Br)cc3)ccc2C1c1cccc(OCc2ccccc2F)c1. The molecule has 1 aliphatic rings. The highest BCUT2D eigenvalue weighted by atomic mass is 79.9. The molecule has 0 spiro atoms. The van der Waals surface area contributed by atoms with Gasteiger partial charge in [-0.25, -0.2) is 9.18 Å². The first-order chi connectivity index (χ1) is 18.4. The molecule has 1 atom stereocenters. The number of carbonyl (C=O) groups excluding carboxylic acids is 1. The second-order valence-electron chi connectivity index (χ2n) is 8.47. The number of esters is 1. The summed E-state index contributed by atoms with van der Waals surface area (Å²) in [6, 6.07) is 27.5. The number of rotatable bonds is 6. The van der Waals surface area contributed by atoms with E-state index in [4.69, 9.17) is 19.9 Å². The lowest BCUT2D eigenvalue weighted by atomic mass is 9.83. The molecule has 0 aromatic heterocycles. The fraction of sp³-hybridized carbons (Fsp3) is 0.0667. The van der Waals surface area contributed by atoms with Gasteiger partial charge in [0.25, 0.3) is 0 Å². The van der Waals surface area contributed by atoms with Crippen molar-refractivity contribution < 1.29 is 23.4 Å². The summed E-state index contributed by atoms with van der Waals surface area (Å²) in [4.78, 5) is 12.6. The van der Waals surface area contributed by atoms with Crippen LogP contribution in [-0.2, 0) is 6.61 Å². The second-order valence-corrected chi connectivity index (χ2v) is 9.39. The number of ether oxygens (including phenoxy) is 3. The van der Waals surface area contributed by atoms with Crippen molar-refractivity contribution in [1.29, 1.82) is 5.26 Å². The maximum atomic E-state index is 14.0. The van der Waals surface area contributed by atoms with Gasteiger partial charge in [-0.15, -0.1) is 0 Å². The molecule has 2 N–H and O–H groups in total. The van der Waals surface area contributed by atoms with Gasteiger partial charge in [0.05, 0.1) is 11.5 Å². The number of fused-ring (bicyclic) bond motifs is 1. The van der Waals surface area contributed by atoms with Crippen LogP contribution in [-0.4, -0.2) is 5.97 Å². The van der Waals surface area contributed by atoms with Gasteiger partial charge < -0.3 is 19.9 Å². The Balaban J connectivity index is 1.42. The predicted molar refractivity (Wildman–Crippen MR) is 142 cm³/mol. The quantitative estimate of drug-likeness (QED) is 0.207. The Hall–Kier alpha value is -4.61. The largest absolute Gasteiger partial charge is 0.489 e. The first-order valence-corrected chi connectivity index (χ1v) is 12.4. The summed E-state index contributed by atoms with van der Waals surface area (Å²) in [5.41, 5.74) is 8.60. The normalized spacial score (nSPS) is 14.2. The molecule has 0 radical (unpaired) electrons. The van der Waals surface area contributed by atoms with Gasteiger partial charge in [0.2, 0.25) is 5.88 Å². The van der Waals surface area contributed by atoms with Crippen molar-refractivity contribution >= 4 is 21.9 Å². The highest BCUT2D eigenvalue weighted by Crippen LogP contribution is 2.44. The minimum Gasteiger partial charge on any atom is -0.489 e. The predicted octanol–water partition coefficient (Wildman–Crippen LogP) is 6.60. The van der Waals surface area contributed by atoms with Crippen molar-refractivity contribution in [3.05, 3.63) is 135 Å². The van der Waals surface area contributed by atoms with Crippen LogP contribution in [0, 0.1) is 17.1 Å². The van der Waals surface area contributed by atoms with Crippen molar-refractivity contribution in [3.63, 3.8) is 0 Å². The number of benzene rings is 4. The van der Waals surface area contributed by atoms with E-state index in [1.807, 2.05) is 6.07 Å². The van der Waals surface area contributed by atoms with Gasteiger partial charge >= 0.3 is 5.97 Å². The molecule has 1 aliphatic heterocycles. The van der Waals surface area contributed by atoms with Gasteiger partial charge in [-0.1, -0.05) is 52.3 Å². The minimum absolute atomic E-state index is 0.0425. The molecule has 0 aliphatic carbocycles. The summed E-state index contributed by atoms with van der Waals surface area (Å²) >= 11 is 3.34. The van der Waals surface area contributed by atoms with Crippen molar-refractivity contribution in [2.24, 2.45) is 5.73 Å². The molecule has 5 rings (SSSR count). The summed E-state index contributed by atoms with van der Waals surface area (Å²) in [5.74, 6) is -0.312. The molecule has 1 unspecified atom stereocenters. The third-order valence-corrected chi connectivity index (χ3v) is 6.55. The molecule has 0 bridgehead atoms. The highest BCUT2D eigenvalue weighted by molar-refractivity contribution is 9.10. The fourth-order valence-corrected chi connectivity index (χ4v) is 4.42. The number of carbonyl (C=O) groups is 1. The zero-order valence-electron chi connectivity index (χ0n) is 19.9. The zero-order valence-corrected chi connectivity index (χ0v) is 21.4. The van der Waals surface area contributed by atoms with Crippen LogP contribution in [0.5, 0.6) is 17.2 Å². The Morgan fingerprint density at radius 3 is 2.55 bits per heavy atom. The third kappa shape index (κ3) is 5.24. The monoisotopic (exact) mass is 570 g/mol. The lowest BCUT2D eigenvalue weighted by Gasteiger charge is -2.27. The lowest BCUT2D eigenvalue weighted by Crippen LogP contribution is -2.21. The van der Waals surface area contributed by atoms with Crippen LogP contribution in [0.1, 0.15) is 33.0 Å². The first-order valence-electron chi connectivity index (χ1n) is 11.6. The maximum absolute atomic E-state index is 14.0. The molecular weight excluding hydrogens is 551 g/mol. The molecule has 0 saturated carbocycles. The molecule has 4 aromatic carbocycles. The molecular formula is C30H20BrFN2O4. The Morgan fingerprint density at radius 2 is 1.79 bits per heavy atom. The second kappa shape index (κ2) is 10.8. The van der Waals surface area contributed by atoms with Gasteiger partial charge in [-0.2, -0.15) is 5.26 Å². The van der Waals surface area contributed by atoms with E-state index in [1.54, 1.807) is 78.9 Å². The van der Waals surface area contributed by atoms with E-state index in [2.05, 4.69) is 22.0 Å². The van der Waals surface area contributed by atoms with Crippen LogP contribution < -0.4 is 19.9 Å². The summed E-state index contributed by atoms with van der Waals surface area (Å²) in [6.07, 6.45) is 0. The van der Waals surface area contributed by atoms with Gasteiger partial charge in [0, 0.05) is 21.7 Å². The smallest absolute Gasteiger partial charge is 0.343 e. The average Bonchev–Trinajstić information content (AvgIpc) is 2.92. The lowest BCUT2D eigenvalue weighted by molar-refractivity contribution is 0.0734. The minimum atomic E-state index is -0.544. The van der Waals surface area contributed by atoms with Gasteiger partial charge in [0.1, 0.15) is 41.3 Å². The average molecular weight is 571 g/mol. The van der Waals surface area contributed by atoms with E-state index in [0.717, 1.165) is 10.0 Å². The van der Waals surface area contributed by atoms with Crippen LogP contribution in [0.2, 0.25) is 0 Å². The Kier molecular flexibility index (Phi) is 7.11. The Morgan fingerprint density at radius 1 is 1.00 bits per heavy atom. The van der Waals surface area contributed by atoms with Crippen LogP contribution in [0.25, 0.3) is 0 Å². The van der Waals surface area contributed by atoms with Crippen molar-refractivity contribution in [2.75, 3.05) is 0 Å². The van der Waals surface area contributed by atoms with Crippen LogP contribution in [0.4, 0.5) is 4.39 Å². The topological polar surface area (TPSA) is 94.6 Å². The van der Waals surface area contributed by atoms with Crippen LogP contribution >= 0.6 is 15.9 Å². The third-order valence-electron chi connectivity index (χ3n) is 6.02. The molecule has 0 fully saturated rings. The summed E-state index contributed by atoms with van der Waals surface area (Å²) < 4.78 is 32.0. The number of hydrogen-bond acceptors (Lipinski definition) is 6. The van der Waals surface area contributed by atoms with E-state index < -0.39 is 11.9 Å². The first kappa shape index (κ1) is 25.1. The molecule has 6 nitrogen and oxygen atoms in total. The Bertz CT molecular complexity index is 1590. The summed E-state index contributed by atoms with van der Waals surface area (Å²) in [5, 5.41) is 9.88. The molecule has 188 valence electrons. The number of allylic oxidation sites excluding steroid dienone is 1. The number of hydrogen-bond donors (Lipinski definition) is 1. The van der Waals surface area contributed by atoms with Gasteiger partial charge in [0.15, 0.2) is 0 Å². The number of nitriles is 1. The number of nitrogens with zero attached hydrogens (tertiary/aromatic N) is 1. The standard InChI is InChI=1S/C30H20BrFN2O4/c31-21-10-8-18(9-11-21)30(35)37-23-12-13-24-27(15-23)38-29(34)25(16-33)28(24)19-5-3-6-22(14-19)36-17-20-4-1-2-7-26(20)32/h1-15,28H,17,34H2. The molecule has 1 heterocycles. The zero-order chi connectivity index (χ0) is 26.6. The summed E-state index contributed by atoms with van der Waals surface area (Å²) in [7, 11) is 0. The Labute approximate surface area is 226 Å². The van der Waals surface area contributed by atoms with E-state index in [-0.39, 0.29) is 29.6 Å². The van der Waals surface area contributed by atoms with E-state index >= 15 is 0 Å². The molecule has 38 heavy (non-hydrogen) atoms. The van der Waals surface area contributed by atoms with Crippen molar-refractivity contribution in [2.45, 2.75) is 12.5 Å². The molecule has 0 saturated heterocycles. The highest BCUT2D eigenvalue weighted by Gasteiger charge is 2.31. The van der Waals surface area contributed by atoms with Gasteiger partial charge in [-0.3, -0.25) is 0 Å². The molecule has 0 amide bonds. The maximum Gasteiger partial charge on any atom is 0.343 e. The number of halogens is 2. The van der Waals surface area contributed by atoms with Crippen LogP contribution in [0.3, 0.4) is 0 Å². The van der Waals surface area contributed by atoms with Crippen molar-refractivity contribution in [1.82, 2.24) is 0 Å². The molecule has 4 aromatic rings. The fourth-order valence-electron chi connectivity index (χ4n) is 4.15. The van der Waals surface area contributed by atoms with E-state index in [0.29, 0.717) is 28.2 Å². The van der Waals surface area contributed by atoms with Crippen molar-refractivity contribution in [3.8, 4) is 23.3 Å². The molecule has 8 heteroatoms. The number of nitrogens with two attached hydrogens (primary N) is 1. The van der Waals surface area contributed by atoms with E-state index in [1.165, 1.54) is 6.07 Å².